The van der Waals surface area contributed by atoms with Gasteiger partial charge < -0.3 is 10.2 Å². The molecule has 0 atom stereocenters. The van der Waals surface area contributed by atoms with Crippen LogP contribution in [0.3, 0.4) is 0 Å². The summed E-state index contributed by atoms with van der Waals surface area (Å²) in [5, 5.41) is 2.74. The lowest BCUT2D eigenvalue weighted by atomic mass is 10.1. The molecule has 1 aliphatic rings. The summed E-state index contributed by atoms with van der Waals surface area (Å²) < 4.78 is 26.8. The van der Waals surface area contributed by atoms with Crippen LogP contribution in [0.25, 0.3) is 0 Å². The van der Waals surface area contributed by atoms with Crippen molar-refractivity contribution in [2.75, 3.05) is 50.8 Å². The van der Waals surface area contributed by atoms with Crippen LogP contribution < -0.4 is 5.32 Å². The minimum absolute atomic E-state index is 0.0495. The number of thioether (sulfide) groups is 1. The molecule has 0 spiro atoms. The normalized spacial score (nSPS) is 15.6. The molecule has 1 aliphatic heterocycles. The van der Waals surface area contributed by atoms with Gasteiger partial charge in [-0.3, -0.25) is 4.79 Å². The quantitative estimate of drug-likeness (QED) is 0.556. The van der Waals surface area contributed by atoms with Gasteiger partial charge in [-0.15, -0.1) is 11.8 Å². The van der Waals surface area contributed by atoms with Gasteiger partial charge in [0.15, 0.2) is 0 Å². The van der Waals surface area contributed by atoms with E-state index in [0.29, 0.717) is 18.8 Å². The van der Waals surface area contributed by atoms with E-state index in [1.165, 1.54) is 22.9 Å². The van der Waals surface area contributed by atoms with Crippen molar-refractivity contribution in [2.24, 2.45) is 0 Å². The second-order valence-corrected chi connectivity index (χ2v) is 10.7. The molecule has 0 radical (unpaired) electrons. The molecule has 1 N–H and O–H groups in total. The van der Waals surface area contributed by atoms with Gasteiger partial charge in [0.1, 0.15) is 0 Å². The summed E-state index contributed by atoms with van der Waals surface area (Å²) in [6.45, 7) is 3.61. The van der Waals surface area contributed by atoms with Gasteiger partial charge in [0, 0.05) is 45.0 Å². The Bertz CT molecular complexity index is 900. The van der Waals surface area contributed by atoms with Crippen LogP contribution in [-0.4, -0.2) is 74.3 Å². The number of rotatable bonds is 11. The Morgan fingerprint density at radius 1 is 0.903 bits per heavy atom. The van der Waals surface area contributed by atoms with Crippen LogP contribution >= 0.6 is 11.8 Å². The van der Waals surface area contributed by atoms with Gasteiger partial charge >= 0.3 is 0 Å². The van der Waals surface area contributed by atoms with Crippen LogP contribution in [0.5, 0.6) is 0 Å². The minimum Gasteiger partial charge on any atom is -0.354 e. The molecule has 1 heterocycles. The number of piperazine rings is 1. The van der Waals surface area contributed by atoms with Crippen molar-refractivity contribution in [1.82, 2.24) is 14.5 Å². The summed E-state index contributed by atoms with van der Waals surface area (Å²) in [5.74, 6) is 0.921. The molecule has 3 rings (SSSR count). The van der Waals surface area contributed by atoms with Gasteiger partial charge in [-0.1, -0.05) is 60.7 Å². The van der Waals surface area contributed by atoms with Gasteiger partial charge in [-0.05, 0) is 17.5 Å². The molecule has 6 nitrogen and oxygen atoms in total. The van der Waals surface area contributed by atoms with E-state index in [0.717, 1.165) is 31.8 Å². The summed E-state index contributed by atoms with van der Waals surface area (Å²) in [5.41, 5.74) is 2.47. The second-order valence-electron chi connectivity index (χ2n) is 7.62. The highest BCUT2D eigenvalue weighted by Gasteiger charge is 2.26. The Kier molecular flexibility index (Phi) is 9.39. The largest absolute Gasteiger partial charge is 0.354 e. The molecule has 0 bridgehead atoms. The molecule has 8 heteroatoms. The maximum absolute atomic E-state index is 12.6. The fraction of sp³-hybridized carbons (Fsp3) is 0.435. The van der Waals surface area contributed by atoms with Crippen molar-refractivity contribution >= 4 is 27.7 Å². The van der Waals surface area contributed by atoms with Gasteiger partial charge in [0.25, 0.3) is 0 Å². The van der Waals surface area contributed by atoms with Crippen LogP contribution in [-0.2, 0) is 27.0 Å². The first-order chi connectivity index (χ1) is 15.0. The number of amides is 1. The lowest BCUT2D eigenvalue weighted by molar-refractivity contribution is -0.118. The Morgan fingerprint density at radius 2 is 1.52 bits per heavy atom. The fourth-order valence-electron chi connectivity index (χ4n) is 3.50. The molecule has 0 saturated carbocycles. The summed E-state index contributed by atoms with van der Waals surface area (Å²) in [6, 6.07) is 20.3. The van der Waals surface area contributed by atoms with E-state index in [9.17, 15) is 13.2 Å². The van der Waals surface area contributed by atoms with Crippen molar-refractivity contribution in [3.05, 3.63) is 71.8 Å². The summed E-state index contributed by atoms with van der Waals surface area (Å²) in [7, 11) is -3.35. The SMILES string of the molecule is O=C(CSCc1ccccc1)NCCS(=O)(=O)N1CCN(CCc2ccccc2)CC1. The average molecular weight is 462 g/mol. The zero-order valence-electron chi connectivity index (χ0n) is 17.8. The van der Waals surface area contributed by atoms with Crippen LogP contribution in [0.2, 0.25) is 0 Å². The highest BCUT2D eigenvalue weighted by molar-refractivity contribution is 7.99. The molecule has 0 unspecified atom stereocenters. The lowest BCUT2D eigenvalue weighted by Crippen LogP contribution is -2.50. The Balaban J connectivity index is 1.30. The Morgan fingerprint density at radius 3 is 2.16 bits per heavy atom. The second kappa shape index (κ2) is 12.2. The van der Waals surface area contributed by atoms with E-state index in [4.69, 9.17) is 0 Å². The van der Waals surface area contributed by atoms with E-state index in [1.807, 2.05) is 48.5 Å². The van der Waals surface area contributed by atoms with E-state index < -0.39 is 10.0 Å². The standard InChI is InChI=1S/C23H31N3O3S2/c27-23(20-30-19-22-9-5-2-6-10-22)24-12-18-31(28,29)26-16-14-25(15-17-26)13-11-21-7-3-1-4-8-21/h1-10H,11-20H2,(H,24,27). The molecular formula is C23H31N3O3S2. The zero-order valence-corrected chi connectivity index (χ0v) is 19.4. The smallest absolute Gasteiger partial charge is 0.230 e. The number of nitrogens with zero attached hydrogens (tertiary/aromatic N) is 2. The molecule has 1 amide bonds. The average Bonchev–Trinajstić information content (AvgIpc) is 2.79. The van der Waals surface area contributed by atoms with Crippen LogP contribution in [0.15, 0.2) is 60.7 Å². The van der Waals surface area contributed by atoms with Crippen molar-refractivity contribution in [2.45, 2.75) is 12.2 Å². The lowest BCUT2D eigenvalue weighted by Gasteiger charge is -2.34. The van der Waals surface area contributed by atoms with Crippen LogP contribution in [0.1, 0.15) is 11.1 Å². The Hall–Kier alpha value is -1.87. The number of benzene rings is 2. The molecule has 168 valence electrons. The summed E-state index contributed by atoms with van der Waals surface area (Å²) in [4.78, 5) is 14.3. The number of nitrogens with one attached hydrogen (secondary N) is 1. The molecule has 2 aromatic carbocycles. The first-order valence-corrected chi connectivity index (χ1v) is 13.4. The molecule has 2 aromatic rings. The van der Waals surface area contributed by atoms with Crippen LogP contribution in [0, 0.1) is 0 Å². The first kappa shape index (κ1) is 23.8. The first-order valence-electron chi connectivity index (χ1n) is 10.7. The maximum Gasteiger partial charge on any atom is 0.230 e. The van der Waals surface area contributed by atoms with Gasteiger partial charge in [0.2, 0.25) is 15.9 Å². The highest BCUT2D eigenvalue weighted by atomic mass is 32.2. The maximum atomic E-state index is 12.6. The van der Waals surface area contributed by atoms with E-state index >= 15 is 0 Å². The van der Waals surface area contributed by atoms with Crippen molar-refractivity contribution in [1.29, 1.82) is 0 Å². The third-order valence-electron chi connectivity index (χ3n) is 5.31. The van der Waals surface area contributed by atoms with E-state index in [2.05, 4.69) is 22.3 Å². The van der Waals surface area contributed by atoms with Crippen LogP contribution in [0.4, 0.5) is 0 Å². The number of hydrogen-bond donors (Lipinski definition) is 1. The van der Waals surface area contributed by atoms with Gasteiger partial charge in [0.05, 0.1) is 11.5 Å². The number of carbonyl (C=O) groups is 1. The number of hydrogen-bond acceptors (Lipinski definition) is 5. The molecular weight excluding hydrogens is 430 g/mol. The molecule has 0 aromatic heterocycles. The molecule has 31 heavy (non-hydrogen) atoms. The van der Waals surface area contributed by atoms with Crippen molar-refractivity contribution < 1.29 is 13.2 Å². The predicted octanol–water partition coefficient (Wildman–Crippen LogP) is 2.23. The van der Waals surface area contributed by atoms with E-state index in [1.54, 1.807) is 4.31 Å². The topological polar surface area (TPSA) is 69.7 Å². The van der Waals surface area contributed by atoms with E-state index in [-0.39, 0.29) is 18.2 Å². The predicted molar refractivity (Wildman–Crippen MR) is 128 cm³/mol. The number of carbonyl (C=O) groups excluding carboxylic acids is 1. The number of sulfonamides is 1. The molecule has 1 fully saturated rings. The van der Waals surface area contributed by atoms with Gasteiger partial charge in [-0.25, -0.2) is 8.42 Å². The van der Waals surface area contributed by atoms with Crippen molar-refractivity contribution in [3.8, 4) is 0 Å². The molecule has 0 aliphatic carbocycles. The Labute approximate surface area is 190 Å². The fourth-order valence-corrected chi connectivity index (χ4v) is 5.65. The van der Waals surface area contributed by atoms with Crippen molar-refractivity contribution in [3.63, 3.8) is 0 Å². The van der Waals surface area contributed by atoms with Gasteiger partial charge in [-0.2, -0.15) is 4.31 Å². The molecule has 1 saturated heterocycles. The summed E-state index contributed by atoms with van der Waals surface area (Å²) >= 11 is 1.53. The minimum atomic E-state index is -3.35. The summed E-state index contributed by atoms with van der Waals surface area (Å²) in [6.07, 6.45) is 0.974. The zero-order chi connectivity index (χ0) is 21.9. The third-order valence-corrected chi connectivity index (χ3v) is 8.19. The monoisotopic (exact) mass is 461 g/mol. The highest BCUT2D eigenvalue weighted by Crippen LogP contribution is 2.12. The third kappa shape index (κ3) is 8.29.